The van der Waals surface area contributed by atoms with Crippen molar-refractivity contribution in [3.63, 3.8) is 0 Å². The van der Waals surface area contributed by atoms with Crippen LogP contribution >= 0.6 is 0 Å². The van der Waals surface area contributed by atoms with E-state index in [0.29, 0.717) is 61.4 Å². The lowest BCUT2D eigenvalue weighted by Crippen LogP contribution is -2.27. The second kappa shape index (κ2) is 11.6. The number of nitrogens with one attached hydrogen (secondary N) is 2. The largest absolute Gasteiger partial charge is 0.469 e. The minimum Gasteiger partial charge on any atom is -0.469 e. The van der Waals surface area contributed by atoms with Crippen molar-refractivity contribution in [1.29, 1.82) is 0 Å². The summed E-state index contributed by atoms with van der Waals surface area (Å²) in [7, 11) is 5.39. The number of hydrogen-bond acceptors (Lipinski definition) is 7. The predicted molar refractivity (Wildman–Crippen MR) is 151 cm³/mol. The van der Waals surface area contributed by atoms with Crippen LogP contribution in [0.15, 0.2) is 36.4 Å². The highest BCUT2D eigenvalue weighted by molar-refractivity contribution is 6.07. The SMILES string of the molecule is COC(=O)CCCNCc1ccc2c(c1)cc(-c1cc(CN(C)C)cc3c1C(=O)NC3)n2C(=O)OC(C)(C)C. The lowest BCUT2D eigenvalue weighted by atomic mass is 9.96. The highest BCUT2D eigenvalue weighted by atomic mass is 16.6. The van der Waals surface area contributed by atoms with E-state index in [4.69, 9.17) is 4.74 Å². The molecule has 0 atom stereocenters. The average molecular weight is 535 g/mol. The molecule has 9 heteroatoms. The molecule has 0 fully saturated rings. The van der Waals surface area contributed by atoms with E-state index < -0.39 is 11.7 Å². The van der Waals surface area contributed by atoms with Crippen LogP contribution in [0.4, 0.5) is 4.79 Å². The van der Waals surface area contributed by atoms with Crippen LogP contribution in [0.2, 0.25) is 0 Å². The Bertz CT molecular complexity index is 1400. The van der Waals surface area contributed by atoms with Gasteiger partial charge in [0, 0.05) is 37.0 Å². The third kappa shape index (κ3) is 6.66. The molecule has 1 aromatic heterocycles. The molecule has 0 bridgehead atoms. The Morgan fingerprint density at radius 2 is 1.87 bits per heavy atom. The number of rotatable bonds is 9. The topological polar surface area (TPSA) is 102 Å². The van der Waals surface area contributed by atoms with Crippen molar-refractivity contribution in [3.8, 4) is 11.3 Å². The predicted octanol–water partition coefficient (Wildman–Crippen LogP) is 4.44. The summed E-state index contributed by atoms with van der Waals surface area (Å²) >= 11 is 0. The Morgan fingerprint density at radius 3 is 2.56 bits per heavy atom. The molecule has 4 rings (SSSR count). The number of carbonyl (C=O) groups excluding carboxylic acids is 3. The number of hydrogen-bond donors (Lipinski definition) is 2. The number of esters is 1. The molecule has 0 unspecified atom stereocenters. The van der Waals surface area contributed by atoms with Crippen LogP contribution < -0.4 is 10.6 Å². The molecule has 2 aromatic carbocycles. The van der Waals surface area contributed by atoms with E-state index in [1.165, 1.54) is 7.11 Å². The molecule has 0 saturated carbocycles. The normalized spacial score (nSPS) is 13.1. The van der Waals surface area contributed by atoms with E-state index in [-0.39, 0.29) is 11.9 Å². The highest BCUT2D eigenvalue weighted by Gasteiger charge is 2.29. The highest BCUT2D eigenvalue weighted by Crippen LogP contribution is 2.36. The number of fused-ring (bicyclic) bond motifs is 2. The van der Waals surface area contributed by atoms with E-state index in [1.54, 1.807) is 4.57 Å². The Balaban J connectivity index is 1.76. The van der Waals surface area contributed by atoms with Crippen molar-refractivity contribution in [2.24, 2.45) is 0 Å². The number of nitrogens with zero attached hydrogens (tertiary/aromatic N) is 2. The van der Waals surface area contributed by atoms with Crippen LogP contribution in [0.1, 0.15) is 60.7 Å². The zero-order valence-corrected chi connectivity index (χ0v) is 23.6. The van der Waals surface area contributed by atoms with Crippen LogP contribution in [0.3, 0.4) is 0 Å². The van der Waals surface area contributed by atoms with Gasteiger partial charge in [0.1, 0.15) is 5.60 Å². The molecule has 9 nitrogen and oxygen atoms in total. The van der Waals surface area contributed by atoms with Gasteiger partial charge < -0.3 is 25.0 Å². The molecule has 39 heavy (non-hydrogen) atoms. The average Bonchev–Trinajstić information content (AvgIpc) is 3.42. The monoisotopic (exact) mass is 534 g/mol. The first-order chi connectivity index (χ1) is 18.5. The van der Waals surface area contributed by atoms with Gasteiger partial charge in [0.25, 0.3) is 5.91 Å². The van der Waals surface area contributed by atoms with E-state index in [2.05, 4.69) is 26.3 Å². The van der Waals surface area contributed by atoms with Crippen LogP contribution in [0.25, 0.3) is 22.2 Å². The summed E-state index contributed by atoms with van der Waals surface area (Å²) in [5, 5.41) is 7.16. The summed E-state index contributed by atoms with van der Waals surface area (Å²) in [5.74, 6) is -0.363. The van der Waals surface area contributed by atoms with Crippen LogP contribution in [0.5, 0.6) is 0 Å². The lowest BCUT2D eigenvalue weighted by Gasteiger charge is -2.21. The molecule has 0 spiro atoms. The van der Waals surface area contributed by atoms with E-state index >= 15 is 0 Å². The van der Waals surface area contributed by atoms with Crippen molar-refractivity contribution in [2.75, 3.05) is 27.7 Å². The van der Waals surface area contributed by atoms with Gasteiger partial charge in [0.15, 0.2) is 0 Å². The fourth-order valence-electron chi connectivity index (χ4n) is 4.87. The van der Waals surface area contributed by atoms with Gasteiger partial charge in [-0.3, -0.25) is 9.59 Å². The number of benzene rings is 2. The third-order valence-corrected chi connectivity index (χ3v) is 6.45. The summed E-state index contributed by atoms with van der Waals surface area (Å²) in [5.41, 5.74) is 4.97. The van der Waals surface area contributed by atoms with Crippen LogP contribution in [-0.2, 0) is 33.9 Å². The Labute approximate surface area is 229 Å². The molecule has 1 amide bonds. The summed E-state index contributed by atoms with van der Waals surface area (Å²) in [6.07, 6.45) is 0.561. The van der Waals surface area contributed by atoms with Gasteiger partial charge in [0.05, 0.1) is 23.9 Å². The molecule has 208 valence electrons. The molecule has 1 aliphatic rings. The van der Waals surface area contributed by atoms with E-state index in [1.807, 2.05) is 65.2 Å². The molecule has 2 N–H and O–H groups in total. The molecule has 0 radical (unpaired) electrons. The van der Waals surface area contributed by atoms with Gasteiger partial charge in [-0.2, -0.15) is 0 Å². The van der Waals surface area contributed by atoms with Crippen LogP contribution in [0, 0.1) is 0 Å². The zero-order chi connectivity index (χ0) is 28.3. The zero-order valence-electron chi connectivity index (χ0n) is 23.6. The van der Waals surface area contributed by atoms with Gasteiger partial charge in [-0.05, 0) is 88.8 Å². The minimum absolute atomic E-state index is 0.144. The van der Waals surface area contributed by atoms with E-state index in [0.717, 1.165) is 22.1 Å². The summed E-state index contributed by atoms with van der Waals surface area (Å²) in [6.45, 7) is 7.96. The maximum atomic E-state index is 13.6. The van der Waals surface area contributed by atoms with Crippen molar-refractivity contribution in [2.45, 2.75) is 58.8 Å². The Morgan fingerprint density at radius 1 is 1.10 bits per heavy atom. The summed E-state index contributed by atoms with van der Waals surface area (Å²) in [4.78, 5) is 39.9. The molecular formula is C30H38N4O5. The van der Waals surface area contributed by atoms with Crippen LogP contribution in [-0.4, -0.2) is 60.8 Å². The molecule has 3 aromatic rings. The van der Waals surface area contributed by atoms with Crippen molar-refractivity contribution >= 4 is 28.9 Å². The van der Waals surface area contributed by atoms with Gasteiger partial charge in [-0.25, -0.2) is 9.36 Å². The first kappa shape index (κ1) is 28.3. The number of methoxy groups -OCH3 is 1. The van der Waals surface area contributed by atoms with Gasteiger partial charge in [0.2, 0.25) is 0 Å². The second-order valence-electron chi connectivity index (χ2n) is 11.2. The second-order valence-corrected chi connectivity index (χ2v) is 11.2. The quantitative estimate of drug-likeness (QED) is 0.309. The fraction of sp³-hybridized carbons (Fsp3) is 0.433. The Hall–Kier alpha value is -3.69. The summed E-state index contributed by atoms with van der Waals surface area (Å²) in [6, 6.07) is 11.9. The number of ether oxygens (including phenoxy) is 2. The van der Waals surface area contributed by atoms with Crippen molar-refractivity contribution in [1.82, 2.24) is 20.1 Å². The molecule has 0 saturated heterocycles. The number of aromatic nitrogens is 1. The van der Waals surface area contributed by atoms with E-state index in [9.17, 15) is 14.4 Å². The van der Waals surface area contributed by atoms with Gasteiger partial charge in [-0.1, -0.05) is 12.1 Å². The molecule has 0 aliphatic carbocycles. The lowest BCUT2D eigenvalue weighted by molar-refractivity contribution is -0.140. The van der Waals surface area contributed by atoms with Crippen molar-refractivity contribution in [3.05, 3.63) is 58.7 Å². The molecule has 2 heterocycles. The van der Waals surface area contributed by atoms with Gasteiger partial charge >= 0.3 is 12.1 Å². The number of carbonyl (C=O) groups is 3. The molecule has 1 aliphatic heterocycles. The maximum Gasteiger partial charge on any atom is 0.419 e. The number of amides is 1. The Kier molecular flexibility index (Phi) is 8.42. The smallest absolute Gasteiger partial charge is 0.419 e. The van der Waals surface area contributed by atoms with Crippen molar-refractivity contribution < 1.29 is 23.9 Å². The molecular weight excluding hydrogens is 496 g/mol. The first-order valence-corrected chi connectivity index (χ1v) is 13.2. The fourth-order valence-corrected chi connectivity index (χ4v) is 4.87. The third-order valence-electron chi connectivity index (χ3n) is 6.45. The summed E-state index contributed by atoms with van der Waals surface area (Å²) < 4.78 is 12.1. The maximum absolute atomic E-state index is 13.6. The standard InChI is InChI=1S/C30H38N4O5/c1-30(2,3)39-29(37)34-24-10-9-19(16-31-11-7-8-26(35)38-6)12-21(24)15-25(34)23-14-20(18-33(4)5)13-22-17-32-28(36)27(22)23/h9-10,12-15,31H,7-8,11,16-18H2,1-6H3,(H,32,36). The van der Waals surface area contributed by atoms with Gasteiger partial charge in [-0.15, -0.1) is 0 Å². The minimum atomic E-state index is -0.689. The first-order valence-electron chi connectivity index (χ1n) is 13.2.